The third kappa shape index (κ3) is 24.3. The first-order chi connectivity index (χ1) is 41.6. The second-order valence-electron chi connectivity index (χ2n) is 23.1. The molecule has 6 aromatic rings. The summed E-state index contributed by atoms with van der Waals surface area (Å²) in [6.45, 7) is 18.5. The molecular formula is C65H91F10N9O4. The predicted molar refractivity (Wildman–Crippen MR) is 325 cm³/mol. The van der Waals surface area contributed by atoms with Crippen LogP contribution in [0.2, 0.25) is 0 Å². The van der Waals surface area contributed by atoms with Crippen LogP contribution < -0.4 is 14.2 Å². The number of aromatic amines is 3. The Hall–Kier alpha value is -6.17. The Morgan fingerprint density at radius 3 is 1.28 bits per heavy atom. The fourth-order valence-electron chi connectivity index (χ4n) is 9.81. The van der Waals surface area contributed by atoms with Gasteiger partial charge in [-0.05, 0) is 153 Å². The Morgan fingerprint density at radius 1 is 0.523 bits per heavy atom. The molecular weight excluding hydrogens is 1160 g/mol. The minimum atomic E-state index is -4.44. The zero-order chi connectivity index (χ0) is 64.7. The Kier molecular flexibility index (Phi) is 28.6. The molecule has 1 aliphatic heterocycles. The molecule has 23 heteroatoms. The number of alkyl halides is 10. The molecule has 0 aliphatic carbocycles. The van der Waals surface area contributed by atoms with Crippen molar-refractivity contribution in [2.75, 3.05) is 67.2 Å². The van der Waals surface area contributed by atoms with Crippen molar-refractivity contribution in [2.24, 2.45) is 5.92 Å². The number of halogens is 10. The van der Waals surface area contributed by atoms with Crippen LogP contribution in [0.3, 0.4) is 0 Å². The first-order valence-corrected chi connectivity index (χ1v) is 30.6. The van der Waals surface area contributed by atoms with Gasteiger partial charge in [0.25, 0.3) is 11.8 Å². The average Bonchev–Trinajstić information content (AvgIpc) is 2.73. The van der Waals surface area contributed by atoms with Crippen LogP contribution in [0.4, 0.5) is 43.9 Å². The van der Waals surface area contributed by atoms with Gasteiger partial charge in [0.1, 0.15) is 17.2 Å². The SMILES string of the molecule is CCCCN(C)Cc1cn[nH]c1-c1cc(OC(CC)CC)cc(C(F)(F)F)c1.CCCCN(C)Cc1cn[nH]c1-c1cc(OCC2CCOCC2)cc(C(C)(F)F)c1.CCCCN(C)Cc1cn[nH]c1-c1cc(OCCCC(F)(F)F)cc(C(C)(F)F)c1. The summed E-state index contributed by atoms with van der Waals surface area (Å²) in [4.78, 5) is 6.48. The second-order valence-corrected chi connectivity index (χ2v) is 23.1. The summed E-state index contributed by atoms with van der Waals surface area (Å²) in [5.41, 5.74) is 5.17. The molecule has 3 aromatic carbocycles. The number of hydrogen-bond acceptors (Lipinski definition) is 10. The number of unbranched alkanes of at least 4 members (excludes halogenated alkanes) is 3. The lowest BCUT2D eigenvalue weighted by Crippen LogP contribution is -2.21. The van der Waals surface area contributed by atoms with Gasteiger partial charge in [0, 0.05) is 97.6 Å². The molecule has 0 radical (unpaired) electrons. The van der Waals surface area contributed by atoms with E-state index in [4.69, 9.17) is 18.9 Å². The zero-order valence-corrected chi connectivity index (χ0v) is 52.7. The van der Waals surface area contributed by atoms with Crippen LogP contribution in [-0.2, 0) is 42.4 Å². The van der Waals surface area contributed by atoms with Crippen molar-refractivity contribution in [3.63, 3.8) is 0 Å². The highest BCUT2D eigenvalue weighted by Crippen LogP contribution is 2.39. The van der Waals surface area contributed by atoms with E-state index in [1.165, 1.54) is 24.3 Å². The Bertz CT molecular complexity index is 2960. The summed E-state index contributed by atoms with van der Waals surface area (Å²) in [6, 6.07) is 12.8. The van der Waals surface area contributed by atoms with Crippen LogP contribution in [0.25, 0.3) is 33.8 Å². The molecule has 7 rings (SSSR count). The molecule has 3 N–H and O–H groups in total. The molecule has 490 valence electrons. The van der Waals surface area contributed by atoms with Gasteiger partial charge in [-0.25, -0.2) is 17.6 Å². The van der Waals surface area contributed by atoms with Crippen LogP contribution in [-0.4, -0.2) is 125 Å². The minimum absolute atomic E-state index is 0.0538. The van der Waals surface area contributed by atoms with Gasteiger partial charge in [0.2, 0.25) is 0 Å². The molecule has 13 nitrogen and oxygen atoms in total. The zero-order valence-electron chi connectivity index (χ0n) is 52.7. The number of rotatable bonds is 31. The standard InChI is InChI=1S/C23H33F2N3O2.C21H28F5N3O.C21H30F3N3O/c1-4-5-8-28(3)15-19-14-26-27-22(19)18-11-20(23(2,24)25)13-21(12-18)30-16-17-6-9-29-10-7-17;1-4-5-8-29(3)14-16-13-27-28-19(16)15-10-17(20(2,22)23)12-18(11-15)30-9-6-7-21(24,25)26;1-5-8-9-27(4)14-16-13-25-26-20(16)15-10-17(21(22,23)24)12-19(11-15)28-18(6-2)7-3/h11-14,17H,4-10,15-16H2,1-3H3,(H,26,27);10-13H,4-9,14H2,1-3H3,(H,27,28);10-13,18H,5-9,14H2,1-4H3,(H,25,26). The lowest BCUT2D eigenvalue weighted by molar-refractivity contribution is -0.138. The molecule has 4 heterocycles. The maximum absolute atomic E-state index is 14.2. The van der Waals surface area contributed by atoms with Crippen molar-refractivity contribution >= 4 is 0 Å². The van der Waals surface area contributed by atoms with E-state index >= 15 is 0 Å². The molecule has 1 fully saturated rings. The number of nitrogens with one attached hydrogen (secondary N) is 3. The van der Waals surface area contributed by atoms with Gasteiger partial charge in [-0.2, -0.15) is 41.6 Å². The highest BCUT2D eigenvalue weighted by molar-refractivity contribution is 5.68. The van der Waals surface area contributed by atoms with E-state index in [0.717, 1.165) is 145 Å². The van der Waals surface area contributed by atoms with E-state index in [0.29, 0.717) is 66.0 Å². The summed E-state index contributed by atoms with van der Waals surface area (Å²) in [5.74, 6) is -4.88. The minimum Gasteiger partial charge on any atom is -0.494 e. The Labute approximate surface area is 512 Å². The number of ether oxygens (including phenoxy) is 4. The number of nitrogens with zero attached hydrogens (tertiary/aromatic N) is 6. The third-order valence-corrected chi connectivity index (χ3v) is 15.0. The van der Waals surface area contributed by atoms with Crippen molar-refractivity contribution in [3.05, 3.63) is 107 Å². The molecule has 0 bridgehead atoms. The molecule has 3 aromatic heterocycles. The molecule has 0 unspecified atom stereocenters. The van der Waals surface area contributed by atoms with E-state index in [9.17, 15) is 43.9 Å². The van der Waals surface area contributed by atoms with Crippen LogP contribution in [0, 0.1) is 5.92 Å². The summed E-state index contributed by atoms with van der Waals surface area (Å²) in [7, 11) is 6.03. The summed E-state index contributed by atoms with van der Waals surface area (Å²) in [5, 5.41) is 21.0. The van der Waals surface area contributed by atoms with Crippen LogP contribution in [0.5, 0.6) is 17.2 Å². The number of hydrogen-bond donors (Lipinski definition) is 3. The number of H-pyrrole nitrogens is 3. The quantitative estimate of drug-likeness (QED) is 0.0285. The topological polar surface area (TPSA) is 133 Å². The van der Waals surface area contributed by atoms with Crippen LogP contribution >= 0.6 is 0 Å². The predicted octanol–water partition coefficient (Wildman–Crippen LogP) is 17.3. The molecule has 88 heavy (non-hydrogen) atoms. The number of benzene rings is 3. The van der Waals surface area contributed by atoms with Gasteiger partial charge in [-0.15, -0.1) is 0 Å². The highest BCUT2D eigenvalue weighted by Gasteiger charge is 2.33. The molecule has 0 saturated carbocycles. The van der Waals surface area contributed by atoms with Gasteiger partial charge in [-0.1, -0.05) is 53.9 Å². The number of aromatic nitrogens is 6. The Balaban J connectivity index is 0.000000241. The van der Waals surface area contributed by atoms with Gasteiger partial charge in [0.15, 0.2) is 0 Å². The molecule has 0 spiro atoms. The smallest absolute Gasteiger partial charge is 0.416 e. The summed E-state index contributed by atoms with van der Waals surface area (Å²) in [6.07, 6.45) is 4.89. The second kappa shape index (κ2) is 34.7. The fraction of sp³-hybridized carbons (Fsp3) is 0.585. The van der Waals surface area contributed by atoms with Crippen molar-refractivity contribution in [3.8, 4) is 51.0 Å². The van der Waals surface area contributed by atoms with Gasteiger partial charge in [0.05, 0.1) is 60.6 Å². The molecule has 1 saturated heterocycles. The normalized spacial score (nSPS) is 13.5. The highest BCUT2D eigenvalue weighted by atomic mass is 19.4. The van der Waals surface area contributed by atoms with E-state index < -0.39 is 36.2 Å². The average molecular weight is 1250 g/mol. The van der Waals surface area contributed by atoms with Gasteiger partial charge >= 0.3 is 12.4 Å². The lowest BCUT2D eigenvalue weighted by Gasteiger charge is -2.23. The van der Waals surface area contributed by atoms with E-state index in [1.807, 2.05) is 34.0 Å². The largest absolute Gasteiger partial charge is 0.494 e. The fourth-order valence-corrected chi connectivity index (χ4v) is 9.81. The first kappa shape index (κ1) is 72.6. The monoisotopic (exact) mass is 1250 g/mol. The molecule has 0 atom stereocenters. The molecule has 1 aliphatic rings. The van der Waals surface area contributed by atoms with Crippen molar-refractivity contribution in [2.45, 2.75) is 175 Å². The van der Waals surface area contributed by atoms with Crippen molar-refractivity contribution in [1.29, 1.82) is 0 Å². The Morgan fingerprint density at radius 2 is 0.909 bits per heavy atom. The third-order valence-electron chi connectivity index (χ3n) is 15.0. The lowest BCUT2D eigenvalue weighted by atomic mass is 10.0. The first-order valence-electron chi connectivity index (χ1n) is 30.6. The van der Waals surface area contributed by atoms with Gasteiger partial charge in [-0.3, -0.25) is 15.3 Å². The van der Waals surface area contributed by atoms with Crippen molar-refractivity contribution in [1.82, 2.24) is 45.3 Å². The van der Waals surface area contributed by atoms with Crippen LogP contribution in [0.1, 0.15) is 159 Å². The van der Waals surface area contributed by atoms with E-state index in [-0.39, 0.29) is 41.8 Å². The summed E-state index contributed by atoms with van der Waals surface area (Å²) >= 11 is 0. The van der Waals surface area contributed by atoms with E-state index in [2.05, 4.69) is 73.1 Å². The van der Waals surface area contributed by atoms with Crippen LogP contribution in [0.15, 0.2) is 73.2 Å². The van der Waals surface area contributed by atoms with E-state index in [1.54, 1.807) is 30.7 Å². The maximum atomic E-state index is 14.2. The maximum Gasteiger partial charge on any atom is 0.416 e. The van der Waals surface area contributed by atoms with Crippen molar-refractivity contribution < 1.29 is 62.9 Å². The molecule has 0 amide bonds. The van der Waals surface area contributed by atoms with Gasteiger partial charge < -0.3 is 33.6 Å². The summed E-state index contributed by atoms with van der Waals surface area (Å²) < 4.78 is 156.